The molecular formula is C21H23FN4O2. The van der Waals surface area contributed by atoms with Crippen LogP contribution >= 0.6 is 0 Å². The molecule has 3 rings (SSSR count). The van der Waals surface area contributed by atoms with Gasteiger partial charge in [0.1, 0.15) is 23.4 Å². The minimum Gasteiger partial charge on any atom is -0.497 e. The summed E-state index contributed by atoms with van der Waals surface area (Å²) in [5.41, 5.74) is 1.44. The number of nitrogens with one attached hydrogen (secondary N) is 2. The average molecular weight is 382 g/mol. The van der Waals surface area contributed by atoms with Gasteiger partial charge < -0.3 is 19.9 Å². The van der Waals surface area contributed by atoms with Crippen molar-refractivity contribution >= 4 is 6.03 Å². The summed E-state index contributed by atoms with van der Waals surface area (Å²) < 4.78 is 20.7. The lowest BCUT2D eigenvalue weighted by Crippen LogP contribution is -2.40. The summed E-state index contributed by atoms with van der Waals surface area (Å²) in [5.74, 6) is 1.17. The Kier molecular flexibility index (Phi) is 6.26. The van der Waals surface area contributed by atoms with Gasteiger partial charge in [0.15, 0.2) is 0 Å². The molecule has 1 heterocycles. The van der Waals surface area contributed by atoms with Crippen molar-refractivity contribution in [1.29, 1.82) is 0 Å². The maximum atomic E-state index is 13.7. The summed E-state index contributed by atoms with van der Waals surface area (Å²) in [6, 6.07) is 13.2. The number of halogens is 1. The molecule has 0 bridgehead atoms. The van der Waals surface area contributed by atoms with Crippen molar-refractivity contribution in [2.75, 3.05) is 13.7 Å². The second kappa shape index (κ2) is 9.03. The van der Waals surface area contributed by atoms with Gasteiger partial charge in [0.2, 0.25) is 0 Å². The predicted molar refractivity (Wildman–Crippen MR) is 105 cm³/mol. The molecule has 6 nitrogen and oxygen atoms in total. The largest absolute Gasteiger partial charge is 0.497 e. The van der Waals surface area contributed by atoms with Gasteiger partial charge in [-0.25, -0.2) is 14.2 Å². The number of rotatable bonds is 7. The fourth-order valence-electron chi connectivity index (χ4n) is 2.94. The zero-order chi connectivity index (χ0) is 19.9. The van der Waals surface area contributed by atoms with Crippen molar-refractivity contribution in [2.24, 2.45) is 7.05 Å². The summed E-state index contributed by atoms with van der Waals surface area (Å²) in [6.07, 6.45) is 3.92. The van der Waals surface area contributed by atoms with Crippen LogP contribution in [0.5, 0.6) is 5.75 Å². The number of aromatic nitrogens is 2. The van der Waals surface area contributed by atoms with Crippen molar-refractivity contribution in [1.82, 2.24) is 20.2 Å². The van der Waals surface area contributed by atoms with Crippen LogP contribution < -0.4 is 15.4 Å². The SMILES string of the molecule is COc1ccc(C(NC(=O)NCCc2ccccc2F)c2nccn2C)cc1. The maximum Gasteiger partial charge on any atom is 0.315 e. The number of hydrogen-bond donors (Lipinski definition) is 2. The van der Waals surface area contributed by atoms with Crippen molar-refractivity contribution in [3.8, 4) is 5.75 Å². The molecule has 0 saturated carbocycles. The standard InChI is InChI=1S/C21H23FN4O2/c1-26-14-13-23-20(26)19(16-7-9-17(28-2)10-8-16)25-21(27)24-12-11-15-5-3-4-6-18(15)22/h3-10,13-14,19H,11-12H2,1-2H3,(H2,24,25,27). The number of benzene rings is 2. The highest BCUT2D eigenvalue weighted by atomic mass is 19.1. The normalized spacial score (nSPS) is 11.7. The van der Waals surface area contributed by atoms with Crippen molar-refractivity contribution in [2.45, 2.75) is 12.5 Å². The second-order valence-electron chi connectivity index (χ2n) is 6.34. The highest BCUT2D eigenvalue weighted by Crippen LogP contribution is 2.22. The van der Waals surface area contributed by atoms with Crippen LogP contribution in [0.25, 0.3) is 0 Å². The van der Waals surface area contributed by atoms with Crippen LogP contribution in [0.15, 0.2) is 60.9 Å². The molecule has 2 N–H and O–H groups in total. The van der Waals surface area contributed by atoms with Gasteiger partial charge in [0.05, 0.1) is 7.11 Å². The molecule has 1 unspecified atom stereocenters. The number of aryl methyl sites for hydroxylation is 1. The maximum absolute atomic E-state index is 13.7. The third kappa shape index (κ3) is 4.68. The molecule has 28 heavy (non-hydrogen) atoms. The molecule has 0 aliphatic rings. The number of urea groups is 1. The van der Waals surface area contributed by atoms with E-state index in [-0.39, 0.29) is 11.8 Å². The minimum absolute atomic E-state index is 0.270. The molecule has 146 valence electrons. The van der Waals surface area contributed by atoms with E-state index >= 15 is 0 Å². The molecule has 0 saturated heterocycles. The molecule has 2 aromatic carbocycles. The number of hydrogen-bond acceptors (Lipinski definition) is 3. The lowest BCUT2D eigenvalue weighted by atomic mass is 10.1. The van der Waals surface area contributed by atoms with Gasteiger partial charge in [-0.2, -0.15) is 0 Å². The molecular weight excluding hydrogens is 359 g/mol. The third-order valence-electron chi connectivity index (χ3n) is 4.48. The fraction of sp³-hybridized carbons (Fsp3) is 0.238. The van der Waals surface area contributed by atoms with Crippen LogP contribution in [0, 0.1) is 5.82 Å². The molecule has 0 aliphatic carbocycles. The topological polar surface area (TPSA) is 68.2 Å². The molecule has 0 radical (unpaired) electrons. The first-order chi connectivity index (χ1) is 13.6. The van der Waals surface area contributed by atoms with Crippen LogP contribution in [0.4, 0.5) is 9.18 Å². The van der Waals surface area contributed by atoms with Crippen LogP contribution in [0.2, 0.25) is 0 Å². The number of carbonyl (C=O) groups excluding carboxylic acids is 1. The summed E-state index contributed by atoms with van der Waals surface area (Å²) in [6.45, 7) is 0.322. The van der Waals surface area contributed by atoms with Crippen LogP contribution in [0.3, 0.4) is 0 Å². The van der Waals surface area contributed by atoms with Gasteiger partial charge in [0.25, 0.3) is 0 Å². The minimum atomic E-state index is -0.431. The summed E-state index contributed by atoms with van der Waals surface area (Å²) >= 11 is 0. The van der Waals surface area contributed by atoms with E-state index in [0.717, 1.165) is 11.3 Å². The van der Waals surface area contributed by atoms with Gasteiger partial charge >= 0.3 is 6.03 Å². The highest BCUT2D eigenvalue weighted by molar-refractivity contribution is 5.74. The summed E-state index contributed by atoms with van der Waals surface area (Å²) in [4.78, 5) is 16.8. The van der Waals surface area contributed by atoms with Gasteiger partial charge in [0, 0.05) is 26.0 Å². The smallest absolute Gasteiger partial charge is 0.315 e. The number of imidazole rings is 1. The van der Waals surface area contributed by atoms with Gasteiger partial charge in [-0.05, 0) is 35.7 Å². The molecule has 1 atom stereocenters. The van der Waals surface area contributed by atoms with E-state index in [2.05, 4.69) is 15.6 Å². The van der Waals surface area contributed by atoms with E-state index in [1.807, 2.05) is 42.1 Å². The van der Waals surface area contributed by atoms with E-state index in [9.17, 15) is 9.18 Å². The highest BCUT2D eigenvalue weighted by Gasteiger charge is 2.20. The van der Waals surface area contributed by atoms with E-state index in [1.54, 1.807) is 31.5 Å². The van der Waals surface area contributed by atoms with E-state index in [1.165, 1.54) is 6.07 Å². The first-order valence-corrected chi connectivity index (χ1v) is 8.97. The fourth-order valence-corrected chi connectivity index (χ4v) is 2.94. The molecule has 1 aromatic heterocycles. The number of carbonyl (C=O) groups is 1. The molecule has 7 heteroatoms. The Balaban J connectivity index is 1.68. The molecule has 0 spiro atoms. The van der Waals surface area contributed by atoms with Crippen molar-refractivity contribution in [3.63, 3.8) is 0 Å². The zero-order valence-electron chi connectivity index (χ0n) is 15.9. The lowest BCUT2D eigenvalue weighted by Gasteiger charge is -2.20. The van der Waals surface area contributed by atoms with Gasteiger partial charge in [-0.1, -0.05) is 30.3 Å². The van der Waals surface area contributed by atoms with E-state index < -0.39 is 6.04 Å². The Hall–Kier alpha value is -3.35. The number of nitrogens with zero attached hydrogens (tertiary/aromatic N) is 2. The first-order valence-electron chi connectivity index (χ1n) is 8.97. The Morgan fingerprint density at radius 3 is 2.61 bits per heavy atom. The summed E-state index contributed by atoms with van der Waals surface area (Å²) in [7, 11) is 3.48. The number of ether oxygens (including phenoxy) is 1. The monoisotopic (exact) mass is 382 g/mol. The Morgan fingerprint density at radius 1 is 1.21 bits per heavy atom. The average Bonchev–Trinajstić information content (AvgIpc) is 3.13. The molecule has 2 amide bonds. The van der Waals surface area contributed by atoms with Crippen molar-refractivity contribution in [3.05, 3.63) is 83.7 Å². The van der Waals surface area contributed by atoms with Crippen LogP contribution in [-0.2, 0) is 13.5 Å². The Labute approximate surface area is 163 Å². The van der Waals surface area contributed by atoms with E-state index in [0.29, 0.717) is 24.4 Å². The number of methoxy groups -OCH3 is 1. The summed E-state index contributed by atoms with van der Waals surface area (Å²) in [5, 5.41) is 5.73. The van der Waals surface area contributed by atoms with Gasteiger partial charge in [-0.3, -0.25) is 0 Å². The Morgan fingerprint density at radius 2 is 1.96 bits per heavy atom. The first kappa shape index (κ1) is 19.4. The molecule has 3 aromatic rings. The van der Waals surface area contributed by atoms with Crippen LogP contribution in [-0.4, -0.2) is 29.2 Å². The molecule has 0 aliphatic heterocycles. The second-order valence-corrected chi connectivity index (χ2v) is 6.34. The predicted octanol–water partition coefficient (Wildman–Crippen LogP) is 3.20. The van der Waals surface area contributed by atoms with Crippen LogP contribution in [0.1, 0.15) is 23.0 Å². The third-order valence-corrected chi connectivity index (χ3v) is 4.48. The Bertz CT molecular complexity index is 924. The quantitative estimate of drug-likeness (QED) is 0.659. The zero-order valence-corrected chi connectivity index (χ0v) is 15.9. The molecule has 0 fully saturated rings. The number of amides is 2. The lowest BCUT2D eigenvalue weighted by molar-refractivity contribution is 0.238. The van der Waals surface area contributed by atoms with E-state index in [4.69, 9.17) is 4.74 Å². The van der Waals surface area contributed by atoms with Gasteiger partial charge in [-0.15, -0.1) is 0 Å². The van der Waals surface area contributed by atoms with Crippen molar-refractivity contribution < 1.29 is 13.9 Å².